The van der Waals surface area contributed by atoms with Crippen LogP contribution in [0, 0.1) is 5.92 Å². The minimum Gasteiger partial charge on any atom is -0.343 e. The number of likely N-dealkylation sites (tertiary alicyclic amines) is 1. The molecule has 0 aromatic heterocycles. The number of carbonyl (C=O) groups is 2. The van der Waals surface area contributed by atoms with E-state index in [-0.39, 0.29) is 11.8 Å². The van der Waals surface area contributed by atoms with E-state index in [0.717, 1.165) is 50.5 Å². The topological polar surface area (TPSA) is 52.7 Å². The smallest absolute Gasteiger partial charge is 0.227 e. The number of fused-ring (bicyclic) bond motifs is 1. The minimum absolute atomic E-state index is 0.138. The number of carbonyl (C=O) groups excluding carboxylic acids is 2. The fourth-order valence-corrected chi connectivity index (χ4v) is 4.10. The third-order valence-corrected chi connectivity index (χ3v) is 5.98. The molecule has 2 fully saturated rings. The summed E-state index contributed by atoms with van der Waals surface area (Å²) in [5.41, 5.74) is 2.20. The van der Waals surface area contributed by atoms with E-state index in [0.29, 0.717) is 25.4 Å². The van der Waals surface area contributed by atoms with Crippen LogP contribution in [0.25, 0.3) is 0 Å². The number of hydrogen-bond acceptors (Lipinski definition) is 3. The molecule has 0 atom stereocenters. The van der Waals surface area contributed by atoms with Crippen LogP contribution in [-0.2, 0) is 16.0 Å². The van der Waals surface area contributed by atoms with Crippen LogP contribution in [0.4, 0.5) is 5.69 Å². The van der Waals surface area contributed by atoms with Crippen molar-refractivity contribution in [2.24, 2.45) is 5.92 Å². The molecule has 1 aromatic rings. The third-order valence-electron chi connectivity index (χ3n) is 5.98. The van der Waals surface area contributed by atoms with Crippen LogP contribution in [0.15, 0.2) is 24.3 Å². The number of aryl methyl sites for hydroxylation is 1. The van der Waals surface area contributed by atoms with Crippen LogP contribution < -0.4 is 10.2 Å². The Morgan fingerprint density at radius 3 is 2.62 bits per heavy atom. The van der Waals surface area contributed by atoms with Gasteiger partial charge in [0.05, 0.1) is 0 Å². The van der Waals surface area contributed by atoms with Crippen LogP contribution in [0.5, 0.6) is 0 Å². The van der Waals surface area contributed by atoms with Crippen LogP contribution in [0.3, 0.4) is 0 Å². The quantitative estimate of drug-likeness (QED) is 0.852. The molecule has 1 saturated heterocycles. The largest absolute Gasteiger partial charge is 0.343 e. The van der Waals surface area contributed by atoms with Crippen molar-refractivity contribution in [3.05, 3.63) is 29.8 Å². The Balaban J connectivity index is 1.26. The maximum absolute atomic E-state index is 12.6. The van der Waals surface area contributed by atoms with Crippen molar-refractivity contribution in [2.45, 2.75) is 51.0 Å². The van der Waals surface area contributed by atoms with Gasteiger partial charge in [-0.1, -0.05) is 18.2 Å². The van der Waals surface area contributed by atoms with Gasteiger partial charge in [-0.25, -0.2) is 0 Å². The number of rotatable bonds is 6. The van der Waals surface area contributed by atoms with Crippen LogP contribution in [0.1, 0.15) is 44.1 Å². The molecule has 5 nitrogen and oxygen atoms in total. The highest BCUT2D eigenvalue weighted by atomic mass is 16.2. The summed E-state index contributed by atoms with van der Waals surface area (Å²) in [6.07, 6.45) is 6.61. The van der Waals surface area contributed by atoms with Gasteiger partial charge < -0.3 is 15.1 Å². The zero-order valence-corrected chi connectivity index (χ0v) is 15.5. The standard InChI is InChI=1S/C21H29N3O2/c25-20(23-12-9-18(10-13-23)22-15-16-5-6-16)11-14-24-19-4-2-1-3-17(19)7-8-21(24)26/h1-4,16,18,22H,5-15H2. The van der Waals surface area contributed by atoms with Crippen LogP contribution in [0.2, 0.25) is 0 Å². The highest BCUT2D eigenvalue weighted by Gasteiger charge is 2.28. The molecule has 1 aromatic carbocycles. The number of nitrogens with one attached hydrogen (secondary N) is 1. The van der Waals surface area contributed by atoms with E-state index in [2.05, 4.69) is 11.4 Å². The molecule has 2 amide bonds. The van der Waals surface area contributed by atoms with Gasteiger partial charge in [0.2, 0.25) is 11.8 Å². The Hall–Kier alpha value is -1.88. The molecule has 0 bridgehead atoms. The summed E-state index contributed by atoms with van der Waals surface area (Å²) in [4.78, 5) is 28.7. The second-order valence-electron chi connectivity index (χ2n) is 7.93. The molecule has 1 N–H and O–H groups in total. The summed E-state index contributed by atoms with van der Waals surface area (Å²) in [6.45, 7) is 3.32. The first-order valence-corrected chi connectivity index (χ1v) is 10.1. The average molecular weight is 355 g/mol. The van der Waals surface area contributed by atoms with Gasteiger partial charge in [-0.15, -0.1) is 0 Å². The molecule has 1 aliphatic carbocycles. The Kier molecular flexibility index (Phi) is 5.25. The lowest BCUT2D eigenvalue weighted by Crippen LogP contribution is -2.46. The maximum Gasteiger partial charge on any atom is 0.227 e. The highest BCUT2D eigenvalue weighted by Crippen LogP contribution is 2.29. The zero-order valence-electron chi connectivity index (χ0n) is 15.5. The second kappa shape index (κ2) is 7.78. The van der Waals surface area contributed by atoms with E-state index in [4.69, 9.17) is 0 Å². The SMILES string of the molecule is O=C(CCN1C(=O)CCc2ccccc21)N1CCC(NCC2CC2)CC1. The second-order valence-corrected chi connectivity index (χ2v) is 7.93. The van der Waals surface area contributed by atoms with E-state index >= 15 is 0 Å². The summed E-state index contributed by atoms with van der Waals surface area (Å²) >= 11 is 0. The Labute approximate surface area is 155 Å². The van der Waals surface area contributed by atoms with Crippen molar-refractivity contribution in [1.82, 2.24) is 10.2 Å². The first-order chi connectivity index (χ1) is 12.7. The van der Waals surface area contributed by atoms with E-state index in [9.17, 15) is 9.59 Å². The van der Waals surface area contributed by atoms with Crippen LogP contribution >= 0.6 is 0 Å². The number of benzene rings is 1. The number of para-hydroxylation sites is 1. The fraction of sp³-hybridized carbons (Fsp3) is 0.619. The molecule has 2 aliphatic heterocycles. The first-order valence-electron chi connectivity index (χ1n) is 10.1. The fourth-order valence-electron chi connectivity index (χ4n) is 4.10. The molecule has 0 radical (unpaired) electrons. The third kappa shape index (κ3) is 4.09. The summed E-state index contributed by atoms with van der Waals surface area (Å²) in [5.74, 6) is 1.22. The predicted octanol–water partition coefficient (Wildman–Crippen LogP) is 2.35. The Morgan fingerprint density at radius 1 is 1.08 bits per heavy atom. The van der Waals surface area contributed by atoms with Crippen molar-refractivity contribution < 1.29 is 9.59 Å². The minimum atomic E-state index is 0.138. The van der Waals surface area contributed by atoms with E-state index < -0.39 is 0 Å². The molecule has 140 valence electrons. The summed E-state index contributed by atoms with van der Waals surface area (Å²) in [5, 5.41) is 3.65. The maximum atomic E-state index is 12.6. The number of anilines is 1. The number of nitrogens with zero attached hydrogens (tertiary/aromatic N) is 2. The van der Waals surface area contributed by atoms with Gasteiger partial charge in [0.1, 0.15) is 0 Å². The highest BCUT2D eigenvalue weighted by molar-refractivity contribution is 5.97. The Bertz CT molecular complexity index is 663. The molecule has 26 heavy (non-hydrogen) atoms. The predicted molar refractivity (Wildman–Crippen MR) is 102 cm³/mol. The van der Waals surface area contributed by atoms with E-state index in [1.807, 2.05) is 23.1 Å². The van der Waals surface area contributed by atoms with Gasteiger partial charge in [-0.2, -0.15) is 0 Å². The van der Waals surface area contributed by atoms with Gasteiger partial charge in [-0.05, 0) is 56.2 Å². The van der Waals surface area contributed by atoms with Gasteiger partial charge in [0, 0.05) is 44.2 Å². The molecular weight excluding hydrogens is 326 g/mol. The Morgan fingerprint density at radius 2 is 1.85 bits per heavy atom. The molecule has 0 unspecified atom stereocenters. The van der Waals surface area contributed by atoms with Gasteiger partial charge >= 0.3 is 0 Å². The lowest BCUT2D eigenvalue weighted by atomic mass is 10.0. The van der Waals surface area contributed by atoms with Gasteiger partial charge in [0.15, 0.2) is 0 Å². The number of piperidine rings is 1. The van der Waals surface area contributed by atoms with Crippen molar-refractivity contribution in [3.63, 3.8) is 0 Å². The molecule has 3 aliphatic rings. The van der Waals surface area contributed by atoms with Gasteiger partial charge in [0.25, 0.3) is 0 Å². The van der Waals surface area contributed by atoms with Crippen molar-refractivity contribution in [2.75, 3.05) is 31.1 Å². The monoisotopic (exact) mass is 355 g/mol. The summed E-state index contributed by atoms with van der Waals surface area (Å²) in [7, 11) is 0. The summed E-state index contributed by atoms with van der Waals surface area (Å²) < 4.78 is 0. The normalized spacial score (nSPS) is 21.0. The van der Waals surface area contributed by atoms with E-state index in [1.54, 1.807) is 4.90 Å². The molecule has 5 heteroatoms. The number of hydrogen-bond donors (Lipinski definition) is 1. The van der Waals surface area contributed by atoms with Crippen molar-refractivity contribution >= 4 is 17.5 Å². The summed E-state index contributed by atoms with van der Waals surface area (Å²) in [6, 6.07) is 8.62. The van der Waals surface area contributed by atoms with Crippen LogP contribution in [-0.4, -0.2) is 48.9 Å². The average Bonchev–Trinajstić information content (AvgIpc) is 3.50. The lowest BCUT2D eigenvalue weighted by molar-refractivity contribution is -0.132. The van der Waals surface area contributed by atoms with Crippen molar-refractivity contribution in [1.29, 1.82) is 0 Å². The zero-order chi connectivity index (χ0) is 17.9. The first kappa shape index (κ1) is 17.5. The molecular formula is C21H29N3O2. The lowest BCUT2D eigenvalue weighted by Gasteiger charge is -2.34. The molecule has 0 spiro atoms. The van der Waals surface area contributed by atoms with Crippen molar-refractivity contribution in [3.8, 4) is 0 Å². The number of amides is 2. The van der Waals surface area contributed by atoms with E-state index in [1.165, 1.54) is 18.4 Å². The molecule has 1 saturated carbocycles. The molecule has 2 heterocycles. The van der Waals surface area contributed by atoms with Gasteiger partial charge in [-0.3, -0.25) is 9.59 Å². The molecule has 4 rings (SSSR count).